The molecule has 0 bridgehead atoms. The second-order valence-electron chi connectivity index (χ2n) is 3.93. The molecule has 0 aliphatic carbocycles. The SMILES string of the molecule is COCC/C(=C\c1c[nH]c2ccccc12)[N+](=O)[O-]. The molecule has 0 saturated heterocycles. The lowest BCUT2D eigenvalue weighted by Gasteiger charge is -1.98. The largest absolute Gasteiger partial charge is 0.384 e. The minimum Gasteiger partial charge on any atom is -0.384 e. The lowest BCUT2D eigenvalue weighted by Crippen LogP contribution is -2.02. The first-order valence-corrected chi connectivity index (χ1v) is 5.62. The van der Waals surface area contributed by atoms with Crippen LogP contribution in [0.1, 0.15) is 12.0 Å². The van der Waals surface area contributed by atoms with Crippen LogP contribution in [0.3, 0.4) is 0 Å². The molecule has 94 valence electrons. The minimum absolute atomic E-state index is 0.154. The summed E-state index contributed by atoms with van der Waals surface area (Å²) in [5.74, 6) is 0. The summed E-state index contributed by atoms with van der Waals surface area (Å²) in [6.07, 6.45) is 3.67. The maximum atomic E-state index is 10.9. The number of H-pyrrole nitrogens is 1. The van der Waals surface area contributed by atoms with Crippen molar-refractivity contribution in [2.45, 2.75) is 6.42 Å². The molecule has 0 amide bonds. The van der Waals surface area contributed by atoms with E-state index in [1.165, 1.54) is 7.11 Å². The van der Waals surface area contributed by atoms with Crippen molar-refractivity contribution in [1.82, 2.24) is 4.98 Å². The number of nitro groups is 1. The highest BCUT2D eigenvalue weighted by Gasteiger charge is 2.12. The highest BCUT2D eigenvalue weighted by molar-refractivity contribution is 5.88. The molecule has 1 heterocycles. The molecule has 0 saturated carbocycles. The van der Waals surface area contributed by atoms with Gasteiger partial charge in [0.15, 0.2) is 0 Å². The van der Waals surface area contributed by atoms with Crippen LogP contribution >= 0.6 is 0 Å². The van der Waals surface area contributed by atoms with Crippen molar-refractivity contribution in [2.24, 2.45) is 0 Å². The van der Waals surface area contributed by atoms with Crippen molar-refractivity contribution in [3.63, 3.8) is 0 Å². The maximum absolute atomic E-state index is 10.9. The van der Waals surface area contributed by atoms with Crippen LogP contribution < -0.4 is 0 Å². The van der Waals surface area contributed by atoms with Crippen LogP contribution in [0.2, 0.25) is 0 Å². The fourth-order valence-corrected chi connectivity index (χ4v) is 1.82. The van der Waals surface area contributed by atoms with E-state index in [1.807, 2.05) is 24.3 Å². The van der Waals surface area contributed by atoms with Gasteiger partial charge in [0, 0.05) is 35.8 Å². The topological polar surface area (TPSA) is 68.2 Å². The third-order valence-corrected chi connectivity index (χ3v) is 2.74. The molecule has 0 radical (unpaired) electrons. The Hall–Kier alpha value is -2.14. The molecule has 0 aliphatic heterocycles. The molecule has 0 spiro atoms. The van der Waals surface area contributed by atoms with E-state index in [0.717, 1.165) is 16.5 Å². The number of fused-ring (bicyclic) bond motifs is 1. The van der Waals surface area contributed by atoms with E-state index in [9.17, 15) is 10.1 Å². The van der Waals surface area contributed by atoms with Gasteiger partial charge in [0.1, 0.15) is 0 Å². The molecule has 5 nitrogen and oxygen atoms in total. The van der Waals surface area contributed by atoms with E-state index in [4.69, 9.17) is 4.74 Å². The molecule has 0 aliphatic rings. The predicted molar refractivity (Wildman–Crippen MR) is 69.8 cm³/mol. The first-order chi connectivity index (χ1) is 8.72. The summed E-state index contributed by atoms with van der Waals surface area (Å²) in [5.41, 5.74) is 1.95. The second kappa shape index (κ2) is 5.46. The lowest BCUT2D eigenvalue weighted by molar-refractivity contribution is -0.426. The van der Waals surface area contributed by atoms with Crippen molar-refractivity contribution in [2.75, 3.05) is 13.7 Å². The summed E-state index contributed by atoms with van der Waals surface area (Å²) in [6, 6.07) is 7.71. The molecule has 1 aromatic heterocycles. The number of aromatic amines is 1. The number of aromatic nitrogens is 1. The molecular formula is C13H14N2O3. The standard InChI is InChI=1S/C13H14N2O3/c1-18-7-6-11(15(16)17)8-10-9-14-13-5-3-2-4-12(10)13/h2-5,8-9,14H,6-7H2,1H3/b11-8+. The molecule has 0 atom stereocenters. The van der Waals surface area contributed by atoms with Gasteiger partial charge in [0.25, 0.3) is 0 Å². The highest BCUT2D eigenvalue weighted by atomic mass is 16.6. The van der Waals surface area contributed by atoms with Gasteiger partial charge in [-0.25, -0.2) is 0 Å². The van der Waals surface area contributed by atoms with Gasteiger partial charge < -0.3 is 9.72 Å². The Morgan fingerprint density at radius 1 is 1.50 bits per heavy atom. The summed E-state index contributed by atoms with van der Waals surface area (Å²) in [7, 11) is 1.53. The summed E-state index contributed by atoms with van der Waals surface area (Å²) in [6.45, 7) is 0.342. The van der Waals surface area contributed by atoms with E-state index in [1.54, 1.807) is 12.3 Å². The zero-order chi connectivity index (χ0) is 13.0. The first kappa shape index (κ1) is 12.3. The number of nitrogens with zero attached hydrogens (tertiary/aromatic N) is 1. The van der Waals surface area contributed by atoms with Gasteiger partial charge in [-0.15, -0.1) is 0 Å². The van der Waals surface area contributed by atoms with Crippen molar-refractivity contribution >= 4 is 17.0 Å². The van der Waals surface area contributed by atoms with Crippen molar-refractivity contribution in [3.8, 4) is 0 Å². The Balaban J connectivity index is 2.37. The average Bonchev–Trinajstić information content (AvgIpc) is 2.77. The van der Waals surface area contributed by atoms with Crippen LogP contribution in [-0.4, -0.2) is 23.6 Å². The molecule has 5 heteroatoms. The highest BCUT2D eigenvalue weighted by Crippen LogP contribution is 2.21. The van der Waals surface area contributed by atoms with E-state index in [0.29, 0.717) is 13.0 Å². The molecule has 0 unspecified atom stereocenters. The zero-order valence-electron chi connectivity index (χ0n) is 10.1. The molecule has 2 rings (SSSR count). The Morgan fingerprint density at radius 2 is 2.28 bits per heavy atom. The summed E-state index contributed by atoms with van der Waals surface area (Å²) >= 11 is 0. The van der Waals surface area contributed by atoms with Crippen LogP contribution in [-0.2, 0) is 4.74 Å². The molecule has 18 heavy (non-hydrogen) atoms. The van der Waals surface area contributed by atoms with Gasteiger partial charge >= 0.3 is 0 Å². The fraction of sp³-hybridized carbons (Fsp3) is 0.231. The Bertz CT molecular complexity index is 587. The number of ether oxygens (including phenoxy) is 1. The predicted octanol–water partition coefficient (Wildman–Crippen LogP) is 2.82. The van der Waals surface area contributed by atoms with Crippen molar-refractivity contribution in [3.05, 3.63) is 51.8 Å². The maximum Gasteiger partial charge on any atom is 0.249 e. The summed E-state index contributed by atoms with van der Waals surface area (Å²) in [5, 5.41) is 11.9. The first-order valence-electron chi connectivity index (χ1n) is 5.62. The number of nitrogens with one attached hydrogen (secondary N) is 1. The molecule has 2 aromatic rings. The van der Waals surface area contributed by atoms with Crippen LogP contribution in [0.25, 0.3) is 17.0 Å². The third kappa shape index (κ3) is 2.57. The number of benzene rings is 1. The second-order valence-corrected chi connectivity index (χ2v) is 3.93. The number of para-hydroxylation sites is 1. The van der Waals surface area contributed by atoms with Crippen molar-refractivity contribution in [1.29, 1.82) is 0 Å². The van der Waals surface area contributed by atoms with Gasteiger partial charge in [0.05, 0.1) is 18.0 Å². The number of hydrogen-bond donors (Lipinski definition) is 1. The van der Waals surface area contributed by atoms with E-state index in [-0.39, 0.29) is 10.6 Å². The summed E-state index contributed by atoms with van der Waals surface area (Å²) in [4.78, 5) is 13.7. The summed E-state index contributed by atoms with van der Waals surface area (Å²) < 4.78 is 4.88. The Kier molecular flexibility index (Phi) is 3.74. The fourth-order valence-electron chi connectivity index (χ4n) is 1.82. The number of hydrogen-bond acceptors (Lipinski definition) is 3. The zero-order valence-corrected chi connectivity index (χ0v) is 10.1. The smallest absolute Gasteiger partial charge is 0.249 e. The molecule has 1 N–H and O–H groups in total. The number of methoxy groups -OCH3 is 1. The normalized spacial score (nSPS) is 11.9. The third-order valence-electron chi connectivity index (χ3n) is 2.74. The van der Waals surface area contributed by atoms with E-state index in [2.05, 4.69) is 4.98 Å². The van der Waals surface area contributed by atoms with Gasteiger partial charge in [0.2, 0.25) is 5.70 Å². The number of rotatable bonds is 5. The van der Waals surface area contributed by atoms with E-state index < -0.39 is 0 Å². The van der Waals surface area contributed by atoms with Crippen LogP contribution in [0, 0.1) is 10.1 Å². The van der Waals surface area contributed by atoms with Gasteiger partial charge in [-0.1, -0.05) is 18.2 Å². The lowest BCUT2D eigenvalue weighted by atomic mass is 10.1. The minimum atomic E-state index is -0.360. The van der Waals surface area contributed by atoms with Gasteiger partial charge in [-0.05, 0) is 6.07 Å². The van der Waals surface area contributed by atoms with Crippen molar-refractivity contribution < 1.29 is 9.66 Å². The Labute approximate surface area is 104 Å². The molecule has 0 fully saturated rings. The Morgan fingerprint density at radius 3 is 3.00 bits per heavy atom. The van der Waals surface area contributed by atoms with Crippen LogP contribution in [0.5, 0.6) is 0 Å². The van der Waals surface area contributed by atoms with Gasteiger partial charge in [-0.3, -0.25) is 10.1 Å². The van der Waals surface area contributed by atoms with Crippen LogP contribution in [0.4, 0.5) is 0 Å². The van der Waals surface area contributed by atoms with Gasteiger partial charge in [-0.2, -0.15) is 0 Å². The van der Waals surface area contributed by atoms with Crippen LogP contribution in [0.15, 0.2) is 36.2 Å². The molecule has 1 aromatic carbocycles. The van der Waals surface area contributed by atoms with E-state index >= 15 is 0 Å². The monoisotopic (exact) mass is 246 g/mol. The quantitative estimate of drug-likeness (QED) is 0.651. The average molecular weight is 246 g/mol. The molecular weight excluding hydrogens is 232 g/mol.